The van der Waals surface area contributed by atoms with Crippen LogP contribution in [0.2, 0.25) is 15.1 Å². The second-order valence-electron chi connectivity index (χ2n) is 3.36. The van der Waals surface area contributed by atoms with Crippen LogP contribution >= 0.6 is 34.8 Å². The fourth-order valence-electron chi connectivity index (χ4n) is 1.19. The molecule has 0 bridgehead atoms. The number of alkyl halides is 5. The van der Waals surface area contributed by atoms with Crippen LogP contribution < -0.4 is 5.73 Å². The molecule has 0 heterocycles. The predicted octanol–water partition coefficient (Wildman–Crippen LogP) is 4.84. The van der Waals surface area contributed by atoms with Crippen molar-refractivity contribution in [3.05, 3.63) is 32.8 Å². The Hall–Kier alpha value is -0.300. The molecule has 0 amide bonds. The molecular formula is C9H5Cl3F5N. The van der Waals surface area contributed by atoms with Gasteiger partial charge in [0.1, 0.15) is 6.04 Å². The van der Waals surface area contributed by atoms with Gasteiger partial charge in [0.2, 0.25) is 0 Å². The number of halogens is 8. The topological polar surface area (TPSA) is 26.0 Å². The van der Waals surface area contributed by atoms with Crippen molar-refractivity contribution in [3.8, 4) is 0 Å². The standard InChI is InChI=1S/C9H5Cl3F5N/c10-3-1-2-4(11)6(12)5(3)7(18)8(13,14)9(15,16)17/h1-2,7H,18H2/t7-/m1/s1. The molecule has 0 aromatic heterocycles. The number of hydrogen-bond acceptors (Lipinski definition) is 1. The molecule has 1 atom stereocenters. The van der Waals surface area contributed by atoms with Gasteiger partial charge in [-0.05, 0) is 12.1 Å². The molecular weight excluding hydrogens is 323 g/mol. The average Bonchev–Trinajstić information content (AvgIpc) is 2.22. The van der Waals surface area contributed by atoms with Gasteiger partial charge in [-0.25, -0.2) is 0 Å². The van der Waals surface area contributed by atoms with E-state index in [0.717, 1.165) is 12.1 Å². The highest BCUT2D eigenvalue weighted by atomic mass is 35.5. The monoisotopic (exact) mass is 327 g/mol. The summed E-state index contributed by atoms with van der Waals surface area (Å²) in [4.78, 5) is 0. The molecule has 0 saturated heterocycles. The summed E-state index contributed by atoms with van der Waals surface area (Å²) < 4.78 is 62.7. The van der Waals surface area contributed by atoms with Crippen molar-refractivity contribution in [2.45, 2.75) is 18.1 Å². The zero-order valence-corrected chi connectivity index (χ0v) is 10.6. The van der Waals surface area contributed by atoms with Gasteiger partial charge in [0.15, 0.2) is 0 Å². The van der Waals surface area contributed by atoms with Crippen LogP contribution in [-0.2, 0) is 0 Å². The van der Waals surface area contributed by atoms with E-state index >= 15 is 0 Å². The Morgan fingerprint density at radius 3 is 1.83 bits per heavy atom. The first-order valence-corrected chi connectivity index (χ1v) is 5.47. The lowest BCUT2D eigenvalue weighted by atomic mass is 10.0. The first-order chi connectivity index (χ1) is 8.00. The SMILES string of the molecule is N[C@H](c1c(Cl)ccc(Cl)c1Cl)C(F)(F)C(F)(F)F. The molecule has 0 fully saturated rings. The summed E-state index contributed by atoms with van der Waals surface area (Å²) >= 11 is 16.6. The van der Waals surface area contributed by atoms with Gasteiger partial charge in [-0.15, -0.1) is 0 Å². The lowest BCUT2D eigenvalue weighted by Crippen LogP contribution is -2.46. The summed E-state index contributed by atoms with van der Waals surface area (Å²) in [7, 11) is 0. The van der Waals surface area contributed by atoms with Gasteiger partial charge in [0.25, 0.3) is 0 Å². The molecule has 9 heteroatoms. The molecule has 0 unspecified atom stereocenters. The minimum atomic E-state index is -5.82. The van der Waals surface area contributed by atoms with Gasteiger partial charge < -0.3 is 5.73 Å². The summed E-state index contributed by atoms with van der Waals surface area (Å²) in [5.41, 5.74) is 4.19. The molecule has 0 aliphatic heterocycles. The van der Waals surface area contributed by atoms with E-state index in [1.807, 2.05) is 0 Å². The van der Waals surface area contributed by atoms with Gasteiger partial charge in [-0.3, -0.25) is 0 Å². The molecule has 102 valence electrons. The molecule has 0 spiro atoms. The number of nitrogens with two attached hydrogens (primary N) is 1. The molecule has 0 radical (unpaired) electrons. The second kappa shape index (κ2) is 5.00. The van der Waals surface area contributed by atoms with Crippen molar-refractivity contribution in [2.75, 3.05) is 0 Å². The Bertz CT molecular complexity index is 460. The van der Waals surface area contributed by atoms with Gasteiger partial charge >= 0.3 is 12.1 Å². The highest BCUT2D eigenvalue weighted by Crippen LogP contribution is 2.47. The summed E-state index contributed by atoms with van der Waals surface area (Å²) in [5, 5.41) is -1.16. The van der Waals surface area contributed by atoms with E-state index in [4.69, 9.17) is 40.5 Å². The van der Waals surface area contributed by atoms with E-state index in [1.165, 1.54) is 0 Å². The van der Waals surface area contributed by atoms with E-state index in [1.54, 1.807) is 0 Å². The van der Waals surface area contributed by atoms with Crippen LogP contribution in [-0.4, -0.2) is 12.1 Å². The lowest BCUT2D eigenvalue weighted by molar-refractivity contribution is -0.290. The molecule has 2 N–H and O–H groups in total. The molecule has 0 saturated carbocycles. The highest BCUT2D eigenvalue weighted by molar-refractivity contribution is 6.44. The van der Waals surface area contributed by atoms with Crippen molar-refractivity contribution >= 4 is 34.8 Å². The third-order valence-corrected chi connectivity index (χ3v) is 3.31. The zero-order valence-electron chi connectivity index (χ0n) is 8.33. The number of rotatable bonds is 2. The lowest BCUT2D eigenvalue weighted by Gasteiger charge is -2.27. The summed E-state index contributed by atoms with van der Waals surface area (Å²) in [6.07, 6.45) is -5.82. The van der Waals surface area contributed by atoms with E-state index < -0.39 is 33.7 Å². The van der Waals surface area contributed by atoms with Gasteiger partial charge in [0.05, 0.1) is 10.0 Å². The molecule has 18 heavy (non-hydrogen) atoms. The average molecular weight is 328 g/mol. The largest absolute Gasteiger partial charge is 0.455 e. The molecule has 0 aliphatic rings. The quantitative estimate of drug-likeness (QED) is 0.610. The third-order valence-electron chi connectivity index (χ3n) is 2.16. The Balaban J connectivity index is 3.36. The van der Waals surface area contributed by atoms with Crippen LogP contribution in [0, 0.1) is 0 Å². The maximum atomic E-state index is 13.1. The van der Waals surface area contributed by atoms with Crippen LogP contribution in [0.1, 0.15) is 11.6 Å². The van der Waals surface area contributed by atoms with Gasteiger partial charge in [0, 0.05) is 10.6 Å². The third kappa shape index (κ3) is 2.66. The highest BCUT2D eigenvalue weighted by Gasteiger charge is 2.62. The van der Waals surface area contributed by atoms with Crippen LogP contribution in [0.15, 0.2) is 12.1 Å². The zero-order chi connectivity index (χ0) is 14.3. The van der Waals surface area contributed by atoms with Crippen LogP contribution in [0.3, 0.4) is 0 Å². The molecule has 0 aliphatic carbocycles. The summed E-state index contributed by atoms with van der Waals surface area (Å²) in [5.74, 6) is -5.18. The summed E-state index contributed by atoms with van der Waals surface area (Å²) in [6.45, 7) is 0. The first-order valence-electron chi connectivity index (χ1n) is 4.33. The van der Waals surface area contributed by atoms with Crippen molar-refractivity contribution in [1.82, 2.24) is 0 Å². The van der Waals surface area contributed by atoms with Crippen LogP contribution in [0.5, 0.6) is 0 Å². The van der Waals surface area contributed by atoms with Crippen LogP contribution in [0.25, 0.3) is 0 Å². The van der Waals surface area contributed by atoms with Gasteiger partial charge in [-0.1, -0.05) is 34.8 Å². The minimum Gasteiger partial charge on any atom is -0.319 e. The summed E-state index contributed by atoms with van der Waals surface area (Å²) in [6, 6.07) is -0.540. The maximum Gasteiger partial charge on any atom is 0.455 e. The van der Waals surface area contributed by atoms with E-state index in [0.29, 0.717) is 0 Å². The van der Waals surface area contributed by atoms with Gasteiger partial charge in [-0.2, -0.15) is 22.0 Å². The molecule has 1 aromatic rings. The Morgan fingerprint density at radius 1 is 0.944 bits per heavy atom. The normalized spacial score (nSPS) is 14.7. The Kier molecular flexibility index (Phi) is 4.37. The van der Waals surface area contributed by atoms with Crippen molar-refractivity contribution in [2.24, 2.45) is 5.73 Å². The minimum absolute atomic E-state index is 0.218. The first kappa shape index (κ1) is 15.8. The Morgan fingerprint density at radius 2 is 1.39 bits per heavy atom. The van der Waals surface area contributed by atoms with E-state index in [9.17, 15) is 22.0 Å². The Labute approximate surface area is 114 Å². The second-order valence-corrected chi connectivity index (χ2v) is 4.55. The fraction of sp³-hybridized carbons (Fsp3) is 0.333. The van der Waals surface area contributed by atoms with Crippen molar-refractivity contribution in [1.29, 1.82) is 0 Å². The molecule has 1 rings (SSSR count). The van der Waals surface area contributed by atoms with Crippen molar-refractivity contribution < 1.29 is 22.0 Å². The number of benzene rings is 1. The number of hydrogen-bond donors (Lipinski definition) is 1. The fourth-order valence-corrected chi connectivity index (χ4v) is 1.96. The molecule has 1 nitrogen and oxygen atoms in total. The van der Waals surface area contributed by atoms with Crippen molar-refractivity contribution in [3.63, 3.8) is 0 Å². The van der Waals surface area contributed by atoms with Crippen LogP contribution in [0.4, 0.5) is 22.0 Å². The van der Waals surface area contributed by atoms with E-state index in [-0.39, 0.29) is 5.02 Å². The predicted molar refractivity (Wildman–Crippen MR) is 59.4 cm³/mol. The maximum absolute atomic E-state index is 13.1. The molecule has 1 aromatic carbocycles. The smallest absolute Gasteiger partial charge is 0.319 e. The van der Waals surface area contributed by atoms with E-state index in [2.05, 4.69) is 0 Å².